The second-order valence-electron chi connectivity index (χ2n) is 5.06. The van der Waals surface area contributed by atoms with Gasteiger partial charge >= 0.3 is 6.18 Å². The normalized spacial score (nSPS) is 15.6. The molecule has 1 aromatic carbocycles. The van der Waals surface area contributed by atoms with Gasteiger partial charge in [-0.15, -0.1) is 0 Å². The standard InChI is InChI=1S/C16H14F3N3/c17-16(18,19)13-7-4-10-22(11-13)15-20-9-8-14(21-15)12-5-2-1-3-6-12/h1-3,5-6,8-9,11H,4,7,10H2. The van der Waals surface area contributed by atoms with Crippen molar-refractivity contribution in [1.82, 2.24) is 9.97 Å². The summed E-state index contributed by atoms with van der Waals surface area (Å²) in [6.45, 7) is 0.484. The fourth-order valence-corrected chi connectivity index (χ4v) is 2.39. The molecular formula is C16H14F3N3. The van der Waals surface area contributed by atoms with Crippen molar-refractivity contribution in [2.45, 2.75) is 19.0 Å². The highest BCUT2D eigenvalue weighted by molar-refractivity contribution is 5.60. The first-order chi connectivity index (χ1) is 10.5. The molecule has 3 rings (SSSR count). The minimum Gasteiger partial charge on any atom is -0.317 e. The molecule has 0 aliphatic carbocycles. The van der Waals surface area contributed by atoms with E-state index in [1.54, 1.807) is 12.3 Å². The molecule has 0 saturated carbocycles. The van der Waals surface area contributed by atoms with Crippen LogP contribution in [0.15, 0.2) is 54.4 Å². The Morgan fingerprint density at radius 1 is 1.05 bits per heavy atom. The maximum Gasteiger partial charge on any atom is 0.414 e. The third-order valence-corrected chi connectivity index (χ3v) is 3.49. The van der Waals surface area contributed by atoms with Gasteiger partial charge in [0.25, 0.3) is 0 Å². The Kier molecular flexibility index (Phi) is 3.83. The van der Waals surface area contributed by atoms with Crippen LogP contribution in [0.4, 0.5) is 19.1 Å². The molecule has 2 aromatic rings. The summed E-state index contributed by atoms with van der Waals surface area (Å²) in [6, 6.07) is 11.2. The van der Waals surface area contributed by atoms with Crippen molar-refractivity contribution >= 4 is 5.95 Å². The fourth-order valence-electron chi connectivity index (χ4n) is 2.39. The number of anilines is 1. The average Bonchev–Trinajstić information content (AvgIpc) is 2.55. The number of hydrogen-bond donors (Lipinski definition) is 0. The molecule has 6 heteroatoms. The van der Waals surface area contributed by atoms with Crippen LogP contribution < -0.4 is 4.90 Å². The molecule has 0 unspecified atom stereocenters. The van der Waals surface area contributed by atoms with E-state index in [4.69, 9.17) is 0 Å². The van der Waals surface area contributed by atoms with Crippen LogP contribution >= 0.6 is 0 Å². The highest BCUT2D eigenvalue weighted by Crippen LogP contribution is 2.32. The van der Waals surface area contributed by atoms with E-state index in [2.05, 4.69) is 9.97 Å². The van der Waals surface area contributed by atoms with Crippen molar-refractivity contribution in [2.24, 2.45) is 0 Å². The Balaban J connectivity index is 1.93. The SMILES string of the molecule is FC(F)(F)C1=CN(c2nccc(-c3ccccc3)n2)CCC1. The number of nitrogens with zero attached hydrogens (tertiary/aromatic N) is 3. The highest BCUT2D eigenvalue weighted by atomic mass is 19.4. The molecule has 22 heavy (non-hydrogen) atoms. The van der Waals surface area contributed by atoms with Gasteiger partial charge in [-0.05, 0) is 18.9 Å². The largest absolute Gasteiger partial charge is 0.414 e. The molecular weight excluding hydrogens is 291 g/mol. The smallest absolute Gasteiger partial charge is 0.317 e. The number of halogens is 3. The van der Waals surface area contributed by atoms with E-state index in [9.17, 15) is 13.2 Å². The zero-order valence-corrected chi connectivity index (χ0v) is 11.7. The Hall–Kier alpha value is -2.37. The van der Waals surface area contributed by atoms with Crippen LogP contribution in [-0.4, -0.2) is 22.7 Å². The average molecular weight is 305 g/mol. The van der Waals surface area contributed by atoms with Crippen molar-refractivity contribution in [3.63, 3.8) is 0 Å². The van der Waals surface area contributed by atoms with Crippen LogP contribution in [0, 0.1) is 0 Å². The van der Waals surface area contributed by atoms with E-state index >= 15 is 0 Å². The number of rotatable bonds is 2. The molecule has 0 bridgehead atoms. The van der Waals surface area contributed by atoms with Crippen LogP contribution in [0.1, 0.15) is 12.8 Å². The summed E-state index contributed by atoms with van der Waals surface area (Å²) >= 11 is 0. The van der Waals surface area contributed by atoms with Crippen molar-refractivity contribution in [1.29, 1.82) is 0 Å². The van der Waals surface area contributed by atoms with Gasteiger partial charge in [0.1, 0.15) is 0 Å². The lowest BCUT2D eigenvalue weighted by Gasteiger charge is -2.26. The second-order valence-corrected chi connectivity index (χ2v) is 5.06. The Labute approximate surface area is 126 Å². The summed E-state index contributed by atoms with van der Waals surface area (Å²) in [5.41, 5.74) is 1.06. The Bertz CT molecular complexity index is 681. The Morgan fingerprint density at radius 2 is 1.82 bits per heavy atom. The molecule has 0 spiro atoms. The minimum atomic E-state index is -4.30. The van der Waals surface area contributed by atoms with Gasteiger partial charge in [-0.3, -0.25) is 0 Å². The number of hydrogen-bond acceptors (Lipinski definition) is 3. The lowest BCUT2D eigenvalue weighted by Crippen LogP contribution is -2.28. The summed E-state index contributed by atoms with van der Waals surface area (Å²) in [4.78, 5) is 9.97. The van der Waals surface area contributed by atoms with E-state index in [0.29, 0.717) is 24.6 Å². The molecule has 1 aliphatic rings. The third kappa shape index (κ3) is 3.10. The maximum atomic E-state index is 12.8. The van der Waals surface area contributed by atoms with Crippen molar-refractivity contribution in [3.8, 4) is 11.3 Å². The van der Waals surface area contributed by atoms with Gasteiger partial charge in [-0.2, -0.15) is 13.2 Å². The van der Waals surface area contributed by atoms with E-state index in [1.807, 2.05) is 30.3 Å². The fraction of sp³-hybridized carbons (Fsp3) is 0.250. The van der Waals surface area contributed by atoms with Gasteiger partial charge in [-0.25, -0.2) is 9.97 Å². The first-order valence-electron chi connectivity index (χ1n) is 6.97. The van der Waals surface area contributed by atoms with Gasteiger partial charge in [-0.1, -0.05) is 30.3 Å². The van der Waals surface area contributed by atoms with Crippen LogP contribution in [0.3, 0.4) is 0 Å². The van der Waals surface area contributed by atoms with Crippen molar-refractivity contribution in [2.75, 3.05) is 11.4 Å². The summed E-state index contributed by atoms with van der Waals surface area (Å²) in [7, 11) is 0. The van der Waals surface area contributed by atoms with E-state index in [-0.39, 0.29) is 6.42 Å². The zero-order chi connectivity index (χ0) is 15.6. The first kappa shape index (κ1) is 14.6. The predicted molar refractivity (Wildman–Crippen MR) is 78.2 cm³/mol. The maximum absolute atomic E-state index is 12.8. The topological polar surface area (TPSA) is 29.0 Å². The quantitative estimate of drug-likeness (QED) is 0.833. The molecule has 0 atom stereocenters. The summed E-state index contributed by atoms with van der Waals surface area (Å²) in [6.07, 6.45) is -1.13. The summed E-state index contributed by atoms with van der Waals surface area (Å²) < 4.78 is 38.5. The van der Waals surface area contributed by atoms with E-state index < -0.39 is 11.7 Å². The molecule has 1 aromatic heterocycles. The lowest BCUT2D eigenvalue weighted by molar-refractivity contribution is -0.0948. The number of aromatic nitrogens is 2. The molecule has 0 amide bonds. The molecule has 114 valence electrons. The lowest BCUT2D eigenvalue weighted by atomic mass is 10.1. The molecule has 0 radical (unpaired) electrons. The molecule has 0 fully saturated rings. The van der Waals surface area contributed by atoms with Gasteiger partial charge in [0.2, 0.25) is 5.95 Å². The van der Waals surface area contributed by atoms with Crippen LogP contribution in [0.2, 0.25) is 0 Å². The van der Waals surface area contributed by atoms with Gasteiger partial charge in [0.15, 0.2) is 0 Å². The number of allylic oxidation sites excluding steroid dienone is 1. The minimum absolute atomic E-state index is 0.0401. The van der Waals surface area contributed by atoms with Gasteiger partial charge < -0.3 is 4.90 Å². The Morgan fingerprint density at radius 3 is 2.55 bits per heavy atom. The summed E-state index contributed by atoms with van der Waals surface area (Å²) in [5, 5.41) is 0. The molecule has 3 nitrogen and oxygen atoms in total. The molecule has 0 saturated heterocycles. The van der Waals surface area contributed by atoms with Crippen LogP contribution in [0.25, 0.3) is 11.3 Å². The van der Waals surface area contributed by atoms with Crippen LogP contribution in [-0.2, 0) is 0 Å². The second kappa shape index (κ2) is 5.79. The molecule has 0 N–H and O–H groups in total. The third-order valence-electron chi connectivity index (χ3n) is 3.49. The molecule has 1 aliphatic heterocycles. The highest BCUT2D eigenvalue weighted by Gasteiger charge is 2.35. The zero-order valence-electron chi connectivity index (χ0n) is 11.7. The van der Waals surface area contributed by atoms with Gasteiger partial charge in [0.05, 0.1) is 5.69 Å². The molecule has 2 heterocycles. The van der Waals surface area contributed by atoms with Crippen molar-refractivity contribution in [3.05, 3.63) is 54.4 Å². The number of benzene rings is 1. The van der Waals surface area contributed by atoms with Crippen LogP contribution in [0.5, 0.6) is 0 Å². The van der Waals surface area contributed by atoms with Crippen molar-refractivity contribution < 1.29 is 13.2 Å². The van der Waals surface area contributed by atoms with Gasteiger partial charge in [0, 0.05) is 30.1 Å². The number of alkyl halides is 3. The summed E-state index contributed by atoms with van der Waals surface area (Å²) in [5.74, 6) is 0.294. The van der Waals surface area contributed by atoms with E-state index in [1.165, 1.54) is 4.90 Å². The monoisotopic (exact) mass is 305 g/mol. The van der Waals surface area contributed by atoms with E-state index in [0.717, 1.165) is 11.8 Å². The predicted octanol–water partition coefficient (Wildman–Crippen LogP) is 4.19. The first-order valence-corrected chi connectivity index (χ1v) is 6.97.